The SMILES string of the molecule is O=c1[nH]cc(-c2cc3c(N4CCC(OCCN5CCC(F)(F)CC5)C4)ncnn3c2)c(=O)[nH]1. The summed E-state index contributed by atoms with van der Waals surface area (Å²) in [5.74, 6) is -1.79. The van der Waals surface area contributed by atoms with Gasteiger partial charge in [0.05, 0.1) is 18.3 Å². The smallest absolute Gasteiger partial charge is 0.325 e. The van der Waals surface area contributed by atoms with Gasteiger partial charge in [-0.1, -0.05) is 0 Å². The van der Waals surface area contributed by atoms with E-state index >= 15 is 0 Å². The van der Waals surface area contributed by atoms with E-state index in [-0.39, 0.29) is 18.9 Å². The lowest BCUT2D eigenvalue weighted by atomic mass is 10.1. The Morgan fingerprint density at radius 2 is 2.03 bits per heavy atom. The number of hydrogen-bond donors (Lipinski definition) is 2. The predicted molar refractivity (Wildman–Crippen MR) is 117 cm³/mol. The summed E-state index contributed by atoms with van der Waals surface area (Å²) in [6.45, 7) is 3.38. The number of alkyl halides is 2. The summed E-state index contributed by atoms with van der Waals surface area (Å²) in [5, 5.41) is 4.24. The standard InChI is InChI=1S/C21H25F2N7O3/c22-21(23)2-5-28(6-3-21)7-8-33-15-1-4-29(12-15)18-17-9-14(11-30(17)26-13-25-18)16-10-24-20(32)27-19(16)31/h9-11,13,15H,1-8,12H2,(H2,24,27,31,32). The molecule has 12 heteroatoms. The highest BCUT2D eigenvalue weighted by Gasteiger charge is 2.34. The highest BCUT2D eigenvalue weighted by molar-refractivity contribution is 5.77. The van der Waals surface area contributed by atoms with Crippen LogP contribution in [0.15, 0.2) is 34.4 Å². The summed E-state index contributed by atoms with van der Waals surface area (Å²) in [6.07, 6.45) is 5.26. The molecule has 33 heavy (non-hydrogen) atoms. The average molecular weight is 461 g/mol. The fourth-order valence-electron chi connectivity index (χ4n) is 4.44. The van der Waals surface area contributed by atoms with Crippen LogP contribution >= 0.6 is 0 Å². The number of halogens is 2. The lowest BCUT2D eigenvalue weighted by molar-refractivity contribution is -0.0605. The first-order valence-corrected chi connectivity index (χ1v) is 11.0. The second-order valence-corrected chi connectivity index (χ2v) is 8.55. The normalized spacial score (nSPS) is 21.2. The monoisotopic (exact) mass is 461 g/mol. The zero-order chi connectivity index (χ0) is 23.0. The molecule has 0 aromatic carbocycles. The molecule has 0 saturated carbocycles. The minimum absolute atomic E-state index is 0.0303. The topological polar surface area (TPSA) is 112 Å². The second kappa shape index (κ2) is 8.67. The summed E-state index contributed by atoms with van der Waals surface area (Å²) >= 11 is 0. The molecular formula is C21H25F2N7O3. The van der Waals surface area contributed by atoms with E-state index < -0.39 is 17.2 Å². The number of ether oxygens (including phenoxy) is 1. The van der Waals surface area contributed by atoms with E-state index in [4.69, 9.17) is 4.74 Å². The highest BCUT2D eigenvalue weighted by Crippen LogP contribution is 2.29. The zero-order valence-electron chi connectivity index (χ0n) is 18.0. The van der Waals surface area contributed by atoms with E-state index in [1.807, 2.05) is 11.0 Å². The maximum atomic E-state index is 13.3. The van der Waals surface area contributed by atoms with Gasteiger partial charge in [-0.05, 0) is 12.5 Å². The van der Waals surface area contributed by atoms with Gasteiger partial charge in [-0.2, -0.15) is 5.10 Å². The van der Waals surface area contributed by atoms with Gasteiger partial charge in [0.1, 0.15) is 11.8 Å². The van der Waals surface area contributed by atoms with E-state index in [9.17, 15) is 18.4 Å². The molecule has 176 valence electrons. The highest BCUT2D eigenvalue weighted by atomic mass is 19.3. The Kier molecular flexibility index (Phi) is 5.71. The molecule has 0 spiro atoms. The molecule has 10 nitrogen and oxygen atoms in total. The molecule has 2 fully saturated rings. The number of piperidine rings is 1. The van der Waals surface area contributed by atoms with Crippen LogP contribution in [0.5, 0.6) is 0 Å². The summed E-state index contributed by atoms with van der Waals surface area (Å²) in [7, 11) is 0. The summed E-state index contributed by atoms with van der Waals surface area (Å²) in [4.78, 5) is 36.8. The zero-order valence-corrected chi connectivity index (χ0v) is 18.0. The van der Waals surface area contributed by atoms with E-state index in [0.29, 0.717) is 43.9 Å². The third kappa shape index (κ3) is 4.67. The molecule has 0 radical (unpaired) electrons. The summed E-state index contributed by atoms with van der Waals surface area (Å²) < 4.78 is 34.3. The van der Waals surface area contributed by atoms with Crippen LogP contribution in [0.2, 0.25) is 0 Å². The molecule has 3 aromatic rings. The van der Waals surface area contributed by atoms with Crippen molar-refractivity contribution in [3.63, 3.8) is 0 Å². The fourth-order valence-corrected chi connectivity index (χ4v) is 4.44. The summed E-state index contributed by atoms with van der Waals surface area (Å²) in [6, 6.07) is 1.82. The lowest BCUT2D eigenvalue weighted by Gasteiger charge is -2.31. The number of nitrogens with zero attached hydrogens (tertiary/aromatic N) is 5. The summed E-state index contributed by atoms with van der Waals surface area (Å²) in [5.41, 5.74) is 0.663. The molecule has 2 aliphatic rings. The number of hydrogen-bond acceptors (Lipinski definition) is 7. The number of aromatic nitrogens is 5. The number of fused-ring (bicyclic) bond motifs is 1. The lowest BCUT2D eigenvalue weighted by Crippen LogP contribution is -2.41. The molecule has 0 amide bonds. The van der Waals surface area contributed by atoms with Crippen LogP contribution in [0.25, 0.3) is 16.6 Å². The van der Waals surface area contributed by atoms with E-state index in [0.717, 1.165) is 24.3 Å². The van der Waals surface area contributed by atoms with Crippen LogP contribution in [0.1, 0.15) is 19.3 Å². The van der Waals surface area contributed by atoms with Gasteiger partial charge in [-0.3, -0.25) is 9.78 Å². The van der Waals surface area contributed by atoms with Gasteiger partial charge < -0.3 is 19.5 Å². The molecule has 0 bridgehead atoms. The van der Waals surface area contributed by atoms with Crippen molar-refractivity contribution in [2.24, 2.45) is 0 Å². The molecule has 2 aliphatic heterocycles. The van der Waals surface area contributed by atoms with E-state index in [1.165, 1.54) is 12.5 Å². The van der Waals surface area contributed by atoms with Crippen molar-refractivity contribution in [2.75, 3.05) is 44.2 Å². The van der Waals surface area contributed by atoms with Gasteiger partial charge in [0, 0.05) is 63.5 Å². The maximum absolute atomic E-state index is 13.3. The van der Waals surface area contributed by atoms with Gasteiger partial charge in [-0.25, -0.2) is 23.1 Å². The second-order valence-electron chi connectivity index (χ2n) is 8.55. The molecule has 1 atom stereocenters. The van der Waals surface area contributed by atoms with Crippen LogP contribution < -0.4 is 16.1 Å². The predicted octanol–water partition coefficient (Wildman–Crippen LogP) is 1.10. The van der Waals surface area contributed by atoms with Crippen molar-refractivity contribution in [3.8, 4) is 11.1 Å². The first-order chi connectivity index (χ1) is 15.9. The number of anilines is 1. The Hall–Kier alpha value is -3.12. The van der Waals surface area contributed by atoms with Gasteiger partial charge in [0.2, 0.25) is 0 Å². The van der Waals surface area contributed by atoms with Crippen LogP contribution in [0, 0.1) is 0 Å². The Labute approximate surface area is 187 Å². The van der Waals surface area contributed by atoms with Crippen molar-refractivity contribution in [3.05, 3.63) is 45.6 Å². The number of rotatable bonds is 6. The maximum Gasteiger partial charge on any atom is 0.325 e. The van der Waals surface area contributed by atoms with Crippen molar-refractivity contribution in [2.45, 2.75) is 31.3 Å². The van der Waals surface area contributed by atoms with Crippen molar-refractivity contribution < 1.29 is 13.5 Å². The van der Waals surface area contributed by atoms with Crippen LogP contribution in [0.3, 0.4) is 0 Å². The van der Waals surface area contributed by atoms with Gasteiger partial charge in [-0.15, -0.1) is 0 Å². The van der Waals surface area contributed by atoms with Crippen molar-refractivity contribution >= 4 is 11.3 Å². The van der Waals surface area contributed by atoms with Crippen LogP contribution in [-0.2, 0) is 4.74 Å². The largest absolute Gasteiger partial charge is 0.375 e. The molecule has 3 aromatic heterocycles. The minimum Gasteiger partial charge on any atom is -0.375 e. The number of likely N-dealkylation sites (tertiary alicyclic amines) is 1. The molecular weight excluding hydrogens is 436 g/mol. The first-order valence-electron chi connectivity index (χ1n) is 11.0. The van der Waals surface area contributed by atoms with Crippen LogP contribution in [-0.4, -0.2) is 80.8 Å². The molecule has 5 rings (SSSR count). The van der Waals surface area contributed by atoms with Crippen molar-refractivity contribution in [1.29, 1.82) is 0 Å². The van der Waals surface area contributed by atoms with E-state index in [1.54, 1.807) is 10.7 Å². The number of nitrogens with one attached hydrogen (secondary N) is 2. The van der Waals surface area contributed by atoms with Gasteiger partial charge in [0.25, 0.3) is 11.5 Å². The average Bonchev–Trinajstić information content (AvgIpc) is 3.42. The minimum atomic E-state index is -2.53. The molecule has 5 heterocycles. The third-order valence-electron chi connectivity index (χ3n) is 6.31. The molecule has 2 N–H and O–H groups in total. The third-order valence-corrected chi connectivity index (χ3v) is 6.31. The Bertz CT molecular complexity index is 1240. The Balaban J connectivity index is 1.23. The van der Waals surface area contributed by atoms with E-state index in [2.05, 4.69) is 25.0 Å². The first kappa shape index (κ1) is 21.7. The van der Waals surface area contributed by atoms with Crippen molar-refractivity contribution in [1.82, 2.24) is 29.5 Å². The van der Waals surface area contributed by atoms with Gasteiger partial charge >= 0.3 is 5.69 Å². The number of H-pyrrole nitrogens is 2. The quantitative estimate of drug-likeness (QED) is 0.565. The van der Waals surface area contributed by atoms with Crippen LogP contribution in [0.4, 0.5) is 14.6 Å². The molecule has 2 saturated heterocycles. The molecule has 0 aliphatic carbocycles. The Morgan fingerprint density at radius 3 is 2.82 bits per heavy atom. The Morgan fingerprint density at radius 1 is 1.21 bits per heavy atom. The fraction of sp³-hybridized carbons (Fsp3) is 0.524. The number of aromatic amines is 2. The van der Waals surface area contributed by atoms with Gasteiger partial charge in [0.15, 0.2) is 5.82 Å². The molecule has 1 unspecified atom stereocenters.